The lowest BCUT2D eigenvalue weighted by Crippen LogP contribution is -2.27. The summed E-state index contributed by atoms with van der Waals surface area (Å²) in [6, 6.07) is 7.08. The Morgan fingerprint density at radius 3 is 2.70 bits per heavy atom. The Balaban J connectivity index is 2.21. The molecule has 0 aliphatic carbocycles. The molecule has 1 aliphatic heterocycles. The third kappa shape index (κ3) is 3.53. The highest BCUT2D eigenvalue weighted by atomic mass is 16.5. The van der Waals surface area contributed by atoms with Gasteiger partial charge in [0.2, 0.25) is 0 Å². The van der Waals surface area contributed by atoms with Crippen molar-refractivity contribution in [1.29, 1.82) is 0 Å². The van der Waals surface area contributed by atoms with Crippen molar-refractivity contribution in [1.82, 2.24) is 4.90 Å². The van der Waals surface area contributed by atoms with Gasteiger partial charge in [0, 0.05) is 30.7 Å². The molecule has 2 rings (SSSR count). The molecule has 0 amide bonds. The van der Waals surface area contributed by atoms with Crippen LogP contribution in [0.3, 0.4) is 0 Å². The van der Waals surface area contributed by atoms with Crippen LogP contribution in [0.5, 0.6) is 5.75 Å². The molecule has 1 aromatic rings. The van der Waals surface area contributed by atoms with Crippen LogP contribution in [-0.2, 0) is 6.54 Å². The number of nitrogens with two attached hydrogens (primary N) is 1. The lowest BCUT2D eigenvalue weighted by molar-refractivity contribution is 0.249. The van der Waals surface area contributed by atoms with Gasteiger partial charge < -0.3 is 10.5 Å². The average molecular weight is 276 g/mol. The van der Waals surface area contributed by atoms with E-state index in [1.54, 1.807) is 0 Å². The van der Waals surface area contributed by atoms with Gasteiger partial charge in [-0.3, -0.25) is 4.90 Å². The van der Waals surface area contributed by atoms with Gasteiger partial charge in [-0.2, -0.15) is 0 Å². The number of ether oxygens (including phenoxy) is 1. The highest BCUT2D eigenvalue weighted by Gasteiger charge is 2.26. The molecular weight excluding hydrogens is 248 g/mol. The summed E-state index contributed by atoms with van der Waals surface area (Å²) in [6.45, 7) is 11.6. The monoisotopic (exact) mass is 276 g/mol. The Bertz CT molecular complexity index is 445. The summed E-state index contributed by atoms with van der Waals surface area (Å²) >= 11 is 0. The molecule has 1 saturated heterocycles. The number of hydrogen-bond acceptors (Lipinski definition) is 3. The summed E-state index contributed by atoms with van der Waals surface area (Å²) in [5.41, 5.74) is 8.46. The first kappa shape index (κ1) is 15.3. The minimum atomic E-state index is 0.0688. The highest BCUT2D eigenvalue weighted by molar-refractivity contribution is 5.38. The van der Waals surface area contributed by atoms with Gasteiger partial charge in [0.05, 0.1) is 6.61 Å². The molecule has 0 saturated carbocycles. The van der Waals surface area contributed by atoms with Gasteiger partial charge in [-0.25, -0.2) is 0 Å². The van der Waals surface area contributed by atoms with Crippen molar-refractivity contribution in [2.45, 2.75) is 52.7 Å². The van der Waals surface area contributed by atoms with Crippen LogP contribution in [0.25, 0.3) is 0 Å². The van der Waals surface area contributed by atoms with E-state index in [1.165, 1.54) is 24.1 Å². The van der Waals surface area contributed by atoms with E-state index in [4.69, 9.17) is 10.5 Å². The maximum absolute atomic E-state index is 6.01. The largest absolute Gasteiger partial charge is 0.494 e. The maximum Gasteiger partial charge on any atom is 0.123 e. The quantitative estimate of drug-likeness (QED) is 0.896. The van der Waals surface area contributed by atoms with Crippen LogP contribution >= 0.6 is 0 Å². The molecule has 3 nitrogen and oxygen atoms in total. The Morgan fingerprint density at radius 1 is 1.40 bits per heavy atom. The Kier molecular flexibility index (Phi) is 5.06. The van der Waals surface area contributed by atoms with Gasteiger partial charge in [-0.05, 0) is 50.8 Å². The van der Waals surface area contributed by atoms with Gasteiger partial charge in [0.1, 0.15) is 5.75 Å². The van der Waals surface area contributed by atoms with Crippen LogP contribution < -0.4 is 10.5 Å². The standard InChI is InChI=1S/C17H28N2O/c1-5-20-17-7-6-15(14(4)18)9-16(17)11-19-10-12(2)8-13(19)3/h6-7,9,12-14H,5,8,10-11,18H2,1-4H3. The second kappa shape index (κ2) is 6.59. The van der Waals surface area contributed by atoms with Crippen molar-refractivity contribution in [3.63, 3.8) is 0 Å². The van der Waals surface area contributed by atoms with Gasteiger partial charge in [0.25, 0.3) is 0 Å². The minimum Gasteiger partial charge on any atom is -0.494 e. The van der Waals surface area contributed by atoms with Crippen LogP contribution in [0.15, 0.2) is 18.2 Å². The van der Waals surface area contributed by atoms with E-state index < -0.39 is 0 Å². The predicted octanol–water partition coefficient (Wildman–Crippen LogP) is 3.34. The molecule has 20 heavy (non-hydrogen) atoms. The smallest absolute Gasteiger partial charge is 0.123 e. The van der Waals surface area contributed by atoms with E-state index in [1.807, 2.05) is 13.8 Å². The van der Waals surface area contributed by atoms with E-state index in [0.717, 1.165) is 18.2 Å². The fraction of sp³-hybridized carbons (Fsp3) is 0.647. The highest BCUT2D eigenvalue weighted by Crippen LogP contribution is 2.29. The molecule has 112 valence electrons. The van der Waals surface area contributed by atoms with Crippen molar-refractivity contribution in [2.75, 3.05) is 13.2 Å². The molecule has 0 bridgehead atoms. The van der Waals surface area contributed by atoms with Crippen LogP contribution in [0, 0.1) is 5.92 Å². The number of nitrogens with zero attached hydrogens (tertiary/aromatic N) is 1. The third-order valence-electron chi connectivity index (χ3n) is 4.20. The van der Waals surface area contributed by atoms with Crippen LogP contribution in [0.2, 0.25) is 0 Å². The van der Waals surface area contributed by atoms with E-state index >= 15 is 0 Å². The number of benzene rings is 1. The molecule has 1 heterocycles. The Labute approximate surface area is 123 Å². The van der Waals surface area contributed by atoms with Crippen molar-refractivity contribution in [3.8, 4) is 5.75 Å². The van der Waals surface area contributed by atoms with Crippen molar-refractivity contribution in [2.24, 2.45) is 11.7 Å². The summed E-state index contributed by atoms with van der Waals surface area (Å²) in [6.07, 6.45) is 1.29. The SMILES string of the molecule is CCOc1ccc(C(C)N)cc1CN1CC(C)CC1C. The van der Waals surface area contributed by atoms with Gasteiger partial charge in [-0.15, -0.1) is 0 Å². The zero-order valence-electron chi connectivity index (χ0n) is 13.2. The third-order valence-corrected chi connectivity index (χ3v) is 4.20. The first-order valence-electron chi connectivity index (χ1n) is 7.76. The summed E-state index contributed by atoms with van der Waals surface area (Å²) in [5, 5.41) is 0. The molecule has 3 atom stereocenters. The normalized spacial score (nSPS) is 24.9. The lowest BCUT2D eigenvalue weighted by Gasteiger charge is -2.23. The molecule has 3 unspecified atom stereocenters. The molecule has 0 aromatic heterocycles. The zero-order chi connectivity index (χ0) is 14.7. The second-order valence-corrected chi connectivity index (χ2v) is 6.21. The number of hydrogen-bond donors (Lipinski definition) is 1. The van der Waals surface area contributed by atoms with E-state index in [0.29, 0.717) is 12.6 Å². The lowest BCUT2D eigenvalue weighted by atomic mass is 10.0. The van der Waals surface area contributed by atoms with E-state index in [-0.39, 0.29) is 6.04 Å². The first-order chi connectivity index (χ1) is 9.51. The molecule has 1 fully saturated rings. The van der Waals surface area contributed by atoms with Gasteiger partial charge >= 0.3 is 0 Å². The fourth-order valence-electron chi connectivity index (χ4n) is 3.13. The molecule has 1 aromatic carbocycles. The van der Waals surface area contributed by atoms with Gasteiger partial charge in [-0.1, -0.05) is 13.0 Å². The number of likely N-dealkylation sites (tertiary alicyclic amines) is 1. The van der Waals surface area contributed by atoms with Crippen molar-refractivity contribution < 1.29 is 4.74 Å². The van der Waals surface area contributed by atoms with Crippen LogP contribution in [0.4, 0.5) is 0 Å². The fourth-order valence-corrected chi connectivity index (χ4v) is 3.13. The van der Waals surface area contributed by atoms with Crippen LogP contribution in [-0.4, -0.2) is 24.1 Å². The molecule has 0 radical (unpaired) electrons. The second-order valence-electron chi connectivity index (χ2n) is 6.21. The van der Waals surface area contributed by atoms with Crippen molar-refractivity contribution >= 4 is 0 Å². The Morgan fingerprint density at radius 2 is 2.15 bits per heavy atom. The van der Waals surface area contributed by atoms with Gasteiger partial charge in [0.15, 0.2) is 0 Å². The molecule has 1 aliphatic rings. The summed E-state index contributed by atoms with van der Waals surface area (Å²) in [7, 11) is 0. The summed E-state index contributed by atoms with van der Waals surface area (Å²) in [4.78, 5) is 2.55. The minimum absolute atomic E-state index is 0.0688. The van der Waals surface area contributed by atoms with E-state index in [2.05, 4.69) is 36.9 Å². The Hall–Kier alpha value is -1.06. The van der Waals surface area contributed by atoms with Crippen molar-refractivity contribution in [3.05, 3.63) is 29.3 Å². The van der Waals surface area contributed by atoms with Crippen LogP contribution in [0.1, 0.15) is 51.3 Å². The summed E-state index contributed by atoms with van der Waals surface area (Å²) < 4.78 is 5.78. The molecular formula is C17H28N2O. The molecule has 0 spiro atoms. The molecule has 3 heteroatoms. The average Bonchev–Trinajstić information content (AvgIpc) is 2.70. The van der Waals surface area contributed by atoms with E-state index in [9.17, 15) is 0 Å². The topological polar surface area (TPSA) is 38.5 Å². The molecule has 2 N–H and O–H groups in total. The maximum atomic E-state index is 6.01. The first-order valence-corrected chi connectivity index (χ1v) is 7.76. The predicted molar refractivity (Wildman–Crippen MR) is 83.9 cm³/mol. The number of rotatable bonds is 5. The summed E-state index contributed by atoms with van der Waals surface area (Å²) in [5.74, 6) is 1.79. The zero-order valence-corrected chi connectivity index (χ0v) is 13.2.